The summed E-state index contributed by atoms with van der Waals surface area (Å²) in [5, 5.41) is 4.06. The molecule has 0 aliphatic carbocycles. The van der Waals surface area contributed by atoms with Crippen LogP contribution >= 0.6 is 11.8 Å². The molecule has 1 rings (SSSR count). The summed E-state index contributed by atoms with van der Waals surface area (Å²) in [6, 6.07) is 0. The molecule has 1 aromatic rings. The van der Waals surface area contributed by atoms with Gasteiger partial charge in [-0.3, -0.25) is 9.78 Å². The van der Waals surface area contributed by atoms with Crippen LogP contribution in [0.15, 0.2) is 23.6 Å². The Morgan fingerprint density at radius 3 is 2.84 bits per heavy atom. The Morgan fingerprint density at radius 1 is 1.47 bits per heavy atom. The second kappa shape index (κ2) is 8.12. The minimum atomic E-state index is -0.700. The molecular weight excluding hydrogens is 262 g/mol. The highest BCUT2D eigenvalue weighted by Crippen LogP contribution is 2.21. The van der Waals surface area contributed by atoms with Crippen LogP contribution in [0.2, 0.25) is 0 Å². The van der Waals surface area contributed by atoms with Gasteiger partial charge in [0, 0.05) is 18.1 Å². The minimum absolute atomic E-state index is 0.222. The van der Waals surface area contributed by atoms with Crippen LogP contribution in [0.3, 0.4) is 0 Å². The molecule has 0 saturated heterocycles. The highest BCUT2D eigenvalue weighted by atomic mass is 32.2. The molecule has 0 fully saturated rings. The van der Waals surface area contributed by atoms with Gasteiger partial charge in [-0.05, 0) is 26.8 Å². The van der Waals surface area contributed by atoms with Crippen molar-refractivity contribution in [1.29, 1.82) is 0 Å². The second-order valence-electron chi connectivity index (χ2n) is 4.31. The number of carbonyl (C=O) groups is 1. The van der Waals surface area contributed by atoms with Crippen molar-refractivity contribution >= 4 is 17.7 Å². The monoisotopic (exact) mass is 283 g/mol. The zero-order valence-electron chi connectivity index (χ0n) is 11.7. The average Bonchev–Trinajstić information content (AvgIpc) is 2.44. The first kappa shape index (κ1) is 15.9. The van der Waals surface area contributed by atoms with Gasteiger partial charge >= 0.3 is 5.97 Å². The fourth-order valence-electron chi connectivity index (χ4n) is 1.45. The van der Waals surface area contributed by atoms with Crippen LogP contribution in [-0.2, 0) is 9.53 Å². The van der Waals surface area contributed by atoms with Gasteiger partial charge in [0.25, 0.3) is 0 Å². The van der Waals surface area contributed by atoms with Crippen molar-refractivity contribution in [2.45, 2.75) is 37.8 Å². The van der Waals surface area contributed by atoms with E-state index in [9.17, 15) is 4.79 Å². The number of ether oxygens (including phenoxy) is 1. The summed E-state index contributed by atoms with van der Waals surface area (Å²) < 4.78 is 5.14. The lowest BCUT2D eigenvalue weighted by molar-refractivity contribution is -0.149. The summed E-state index contributed by atoms with van der Waals surface area (Å²) in [4.78, 5) is 20.3. The number of nitrogens with zero attached hydrogens (tertiary/aromatic N) is 2. The van der Waals surface area contributed by atoms with Crippen LogP contribution < -0.4 is 5.32 Å². The first-order valence-corrected chi connectivity index (χ1v) is 7.42. The van der Waals surface area contributed by atoms with Crippen LogP contribution in [0.5, 0.6) is 0 Å². The van der Waals surface area contributed by atoms with Crippen molar-refractivity contribution in [2.24, 2.45) is 0 Å². The van der Waals surface area contributed by atoms with Gasteiger partial charge in [-0.15, -0.1) is 11.8 Å². The van der Waals surface area contributed by atoms with Crippen molar-refractivity contribution < 1.29 is 9.53 Å². The van der Waals surface area contributed by atoms with Gasteiger partial charge < -0.3 is 10.1 Å². The maximum Gasteiger partial charge on any atom is 0.326 e. The topological polar surface area (TPSA) is 64.1 Å². The molecule has 0 saturated carbocycles. The number of hydrogen-bond acceptors (Lipinski definition) is 6. The van der Waals surface area contributed by atoms with Crippen LogP contribution in [0.25, 0.3) is 0 Å². The third kappa shape index (κ3) is 5.16. The highest BCUT2D eigenvalue weighted by Gasteiger charge is 2.34. The molecule has 1 unspecified atom stereocenters. The zero-order chi connectivity index (χ0) is 14.1. The van der Waals surface area contributed by atoms with Crippen molar-refractivity contribution in [3.8, 4) is 0 Å². The first-order chi connectivity index (χ1) is 9.12. The Labute approximate surface area is 118 Å². The molecule has 1 N–H and O–H groups in total. The van der Waals surface area contributed by atoms with E-state index in [2.05, 4.69) is 22.2 Å². The van der Waals surface area contributed by atoms with Crippen LogP contribution in [-0.4, -0.2) is 40.4 Å². The van der Waals surface area contributed by atoms with Crippen LogP contribution in [0.4, 0.5) is 0 Å². The molecule has 5 nitrogen and oxygen atoms in total. The van der Waals surface area contributed by atoms with Crippen LogP contribution in [0, 0.1) is 0 Å². The molecule has 106 valence electrons. The molecule has 0 aliphatic heterocycles. The highest BCUT2D eigenvalue weighted by molar-refractivity contribution is 7.99. The molecule has 0 spiro atoms. The third-order valence-corrected chi connectivity index (χ3v) is 3.77. The molecule has 0 radical (unpaired) electrons. The van der Waals surface area contributed by atoms with Crippen molar-refractivity contribution in [3.63, 3.8) is 0 Å². The molecule has 0 amide bonds. The molecule has 19 heavy (non-hydrogen) atoms. The predicted octanol–water partition coefficient (Wildman–Crippen LogP) is 1.89. The lowest BCUT2D eigenvalue weighted by Gasteiger charge is -2.27. The van der Waals surface area contributed by atoms with Gasteiger partial charge in [0.2, 0.25) is 0 Å². The number of nitrogens with one attached hydrogen (secondary N) is 1. The maximum atomic E-state index is 12.1. The molecule has 1 atom stereocenters. The van der Waals surface area contributed by atoms with E-state index in [1.807, 2.05) is 13.8 Å². The normalized spacial score (nSPS) is 13.8. The summed E-state index contributed by atoms with van der Waals surface area (Å²) in [6.45, 7) is 6.90. The molecule has 1 aromatic heterocycles. The second-order valence-corrected chi connectivity index (χ2v) is 5.31. The van der Waals surface area contributed by atoms with Gasteiger partial charge in [-0.25, -0.2) is 4.98 Å². The quantitative estimate of drug-likeness (QED) is 0.580. The van der Waals surface area contributed by atoms with E-state index in [0.717, 1.165) is 18.0 Å². The fourth-order valence-corrected chi connectivity index (χ4v) is 2.38. The number of carbonyl (C=O) groups excluding carboxylic acids is 1. The largest absolute Gasteiger partial charge is 0.465 e. The van der Waals surface area contributed by atoms with Gasteiger partial charge in [-0.1, -0.05) is 6.92 Å². The zero-order valence-corrected chi connectivity index (χ0v) is 12.5. The molecule has 0 aromatic carbocycles. The van der Waals surface area contributed by atoms with Gasteiger partial charge in [0.05, 0.1) is 12.8 Å². The Morgan fingerprint density at radius 2 is 2.26 bits per heavy atom. The summed E-state index contributed by atoms with van der Waals surface area (Å²) >= 11 is 1.50. The summed E-state index contributed by atoms with van der Waals surface area (Å²) in [5.74, 6) is 0.338. The average molecular weight is 283 g/mol. The fraction of sp³-hybridized carbons (Fsp3) is 0.615. The summed E-state index contributed by atoms with van der Waals surface area (Å²) in [6.07, 6.45) is 5.92. The molecule has 0 aliphatic rings. The smallest absolute Gasteiger partial charge is 0.326 e. The predicted molar refractivity (Wildman–Crippen MR) is 76.1 cm³/mol. The number of hydrogen-bond donors (Lipinski definition) is 1. The van der Waals surface area contributed by atoms with Crippen molar-refractivity contribution in [3.05, 3.63) is 18.6 Å². The third-order valence-electron chi connectivity index (χ3n) is 2.54. The molecule has 6 heteroatoms. The Kier molecular flexibility index (Phi) is 6.80. The van der Waals surface area contributed by atoms with E-state index in [4.69, 9.17) is 4.74 Å². The molecule has 1 heterocycles. The van der Waals surface area contributed by atoms with Gasteiger partial charge in [0.15, 0.2) is 0 Å². The standard InChI is InChI=1S/C13H21N3O2S/c1-4-6-16-13(3,12(17)18-5-2)10-19-11-9-14-7-8-15-11/h7-9,16H,4-6,10H2,1-3H3. The van der Waals surface area contributed by atoms with Crippen molar-refractivity contribution in [2.75, 3.05) is 18.9 Å². The van der Waals surface area contributed by atoms with Crippen LogP contribution in [0.1, 0.15) is 27.2 Å². The number of aromatic nitrogens is 2. The molecule has 0 bridgehead atoms. The van der Waals surface area contributed by atoms with Crippen molar-refractivity contribution in [1.82, 2.24) is 15.3 Å². The number of thioether (sulfide) groups is 1. The van der Waals surface area contributed by atoms with E-state index < -0.39 is 5.54 Å². The first-order valence-electron chi connectivity index (χ1n) is 6.43. The minimum Gasteiger partial charge on any atom is -0.465 e. The maximum absolute atomic E-state index is 12.1. The van der Waals surface area contributed by atoms with E-state index in [-0.39, 0.29) is 5.97 Å². The Hall–Kier alpha value is -1.14. The lowest BCUT2D eigenvalue weighted by Crippen LogP contribution is -2.52. The molecular formula is C13H21N3O2S. The summed E-state index contributed by atoms with van der Waals surface area (Å²) in [5.41, 5.74) is -0.700. The number of esters is 1. The Balaban J connectivity index is 2.65. The van der Waals surface area contributed by atoms with E-state index in [1.165, 1.54) is 11.8 Å². The van der Waals surface area contributed by atoms with E-state index in [1.54, 1.807) is 18.6 Å². The summed E-state index contributed by atoms with van der Waals surface area (Å²) in [7, 11) is 0. The Bertz CT molecular complexity index is 389. The van der Waals surface area contributed by atoms with Gasteiger partial charge in [0.1, 0.15) is 10.6 Å². The van der Waals surface area contributed by atoms with E-state index in [0.29, 0.717) is 12.4 Å². The SMILES string of the molecule is CCCNC(C)(CSc1cnccn1)C(=O)OCC. The van der Waals surface area contributed by atoms with E-state index >= 15 is 0 Å². The number of rotatable bonds is 8. The van der Waals surface area contributed by atoms with Gasteiger partial charge in [-0.2, -0.15) is 0 Å². The lowest BCUT2D eigenvalue weighted by atomic mass is 10.1.